The molecular formula is C12H21N. The molecule has 0 amide bonds. The Kier molecular flexibility index (Phi) is 6.36. The average Bonchev–Trinajstić information content (AvgIpc) is 2.01. The van der Waals surface area contributed by atoms with Gasteiger partial charge in [0.1, 0.15) is 0 Å². The molecule has 0 saturated heterocycles. The van der Waals surface area contributed by atoms with Gasteiger partial charge in [-0.3, -0.25) is 0 Å². The van der Waals surface area contributed by atoms with Gasteiger partial charge in [-0.2, -0.15) is 0 Å². The van der Waals surface area contributed by atoms with Gasteiger partial charge in [0.15, 0.2) is 0 Å². The van der Waals surface area contributed by atoms with Crippen LogP contribution in [0.4, 0.5) is 0 Å². The molecule has 0 radical (unpaired) electrons. The van der Waals surface area contributed by atoms with Crippen LogP contribution in [-0.2, 0) is 0 Å². The molecule has 0 aliphatic heterocycles. The summed E-state index contributed by atoms with van der Waals surface area (Å²) in [5.41, 5.74) is 0.112. The minimum atomic E-state index is 0.112. The predicted octanol–water partition coefficient (Wildman–Crippen LogP) is 2.59. The van der Waals surface area contributed by atoms with E-state index < -0.39 is 0 Å². The Morgan fingerprint density at radius 3 is 2.54 bits per heavy atom. The zero-order valence-electron chi connectivity index (χ0n) is 9.28. The van der Waals surface area contributed by atoms with Crippen LogP contribution in [0.5, 0.6) is 0 Å². The van der Waals surface area contributed by atoms with Gasteiger partial charge in [0.2, 0.25) is 0 Å². The van der Waals surface area contributed by atoms with Crippen LogP contribution in [0.15, 0.2) is 12.2 Å². The second-order valence-corrected chi connectivity index (χ2v) is 4.13. The highest BCUT2D eigenvalue weighted by Crippen LogP contribution is 2.09. The molecule has 1 heteroatoms. The summed E-state index contributed by atoms with van der Waals surface area (Å²) < 4.78 is 0. The molecule has 0 saturated carbocycles. The lowest BCUT2D eigenvalue weighted by Gasteiger charge is -2.05. The van der Waals surface area contributed by atoms with Crippen molar-refractivity contribution >= 4 is 0 Å². The Morgan fingerprint density at radius 1 is 1.31 bits per heavy atom. The van der Waals surface area contributed by atoms with Gasteiger partial charge < -0.3 is 5.32 Å². The first-order valence-corrected chi connectivity index (χ1v) is 4.94. The van der Waals surface area contributed by atoms with Crippen LogP contribution in [-0.4, -0.2) is 13.1 Å². The fourth-order valence-electron chi connectivity index (χ4n) is 0.738. The van der Waals surface area contributed by atoms with Crippen LogP contribution in [0.1, 0.15) is 34.1 Å². The third-order valence-corrected chi connectivity index (χ3v) is 1.34. The molecular weight excluding hydrogens is 158 g/mol. The van der Waals surface area contributed by atoms with E-state index in [1.807, 2.05) is 6.08 Å². The molecule has 0 aromatic heterocycles. The van der Waals surface area contributed by atoms with E-state index in [0.717, 1.165) is 13.1 Å². The SMILES string of the molecule is CCCNC/C=C/C#CC(C)(C)C. The number of hydrogen-bond acceptors (Lipinski definition) is 1. The van der Waals surface area contributed by atoms with E-state index in [9.17, 15) is 0 Å². The third kappa shape index (κ3) is 11.3. The van der Waals surface area contributed by atoms with E-state index in [4.69, 9.17) is 0 Å². The second-order valence-electron chi connectivity index (χ2n) is 4.13. The van der Waals surface area contributed by atoms with Crippen molar-refractivity contribution in [3.8, 4) is 11.8 Å². The summed E-state index contributed by atoms with van der Waals surface area (Å²) in [6.45, 7) is 10.5. The molecule has 0 unspecified atom stereocenters. The molecule has 0 aliphatic carbocycles. The van der Waals surface area contributed by atoms with E-state index in [1.165, 1.54) is 6.42 Å². The van der Waals surface area contributed by atoms with E-state index in [-0.39, 0.29) is 5.41 Å². The molecule has 0 bridgehead atoms. The maximum absolute atomic E-state index is 3.28. The summed E-state index contributed by atoms with van der Waals surface area (Å²) >= 11 is 0. The summed E-state index contributed by atoms with van der Waals surface area (Å²) in [6, 6.07) is 0. The zero-order valence-corrected chi connectivity index (χ0v) is 9.28. The summed E-state index contributed by atoms with van der Waals surface area (Å²) in [4.78, 5) is 0. The number of rotatable bonds is 4. The lowest BCUT2D eigenvalue weighted by Crippen LogP contribution is -2.13. The van der Waals surface area contributed by atoms with Crippen molar-refractivity contribution in [2.75, 3.05) is 13.1 Å². The van der Waals surface area contributed by atoms with Gasteiger partial charge in [-0.25, -0.2) is 0 Å². The van der Waals surface area contributed by atoms with Crippen molar-refractivity contribution in [2.24, 2.45) is 5.41 Å². The maximum Gasteiger partial charge on any atom is 0.0233 e. The average molecular weight is 179 g/mol. The first kappa shape index (κ1) is 12.3. The first-order valence-electron chi connectivity index (χ1n) is 4.94. The fourth-order valence-corrected chi connectivity index (χ4v) is 0.738. The Morgan fingerprint density at radius 2 is 2.00 bits per heavy atom. The van der Waals surface area contributed by atoms with Crippen LogP contribution in [0.2, 0.25) is 0 Å². The van der Waals surface area contributed by atoms with Gasteiger partial charge in [-0.15, -0.1) is 0 Å². The Labute approximate surface area is 82.6 Å². The van der Waals surface area contributed by atoms with Crippen LogP contribution in [0.25, 0.3) is 0 Å². The number of hydrogen-bond donors (Lipinski definition) is 1. The lowest BCUT2D eigenvalue weighted by molar-refractivity contribution is 0.571. The van der Waals surface area contributed by atoms with Crippen molar-refractivity contribution < 1.29 is 0 Å². The standard InChI is InChI=1S/C12H21N/c1-5-10-13-11-8-6-7-9-12(2,3)4/h6,8,13H,5,10-11H2,1-4H3/b8-6+. The van der Waals surface area contributed by atoms with Crippen molar-refractivity contribution in [3.63, 3.8) is 0 Å². The van der Waals surface area contributed by atoms with Gasteiger partial charge in [0, 0.05) is 12.0 Å². The normalized spacial score (nSPS) is 11.4. The minimum absolute atomic E-state index is 0.112. The Balaban J connectivity index is 3.55. The molecule has 0 aromatic rings. The quantitative estimate of drug-likeness (QED) is 0.516. The molecule has 0 heterocycles. The summed E-state index contributed by atoms with van der Waals surface area (Å²) in [7, 11) is 0. The summed E-state index contributed by atoms with van der Waals surface area (Å²) in [6.07, 6.45) is 5.17. The van der Waals surface area contributed by atoms with Gasteiger partial charge in [0.25, 0.3) is 0 Å². The molecule has 0 fully saturated rings. The minimum Gasteiger partial charge on any atom is -0.313 e. The lowest BCUT2D eigenvalue weighted by atomic mass is 9.98. The molecule has 0 aliphatic rings. The molecule has 0 spiro atoms. The van der Waals surface area contributed by atoms with Crippen LogP contribution in [0, 0.1) is 17.3 Å². The van der Waals surface area contributed by atoms with Crippen molar-refractivity contribution in [3.05, 3.63) is 12.2 Å². The number of allylic oxidation sites excluding steroid dienone is 1. The Bertz CT molecular complexity index is 197. The van der Waals surface area contributed by atoms with Crippen molar-refractivity contribution in [2.45, 2.75) is 34.1 Å². The van der Waals surface area contributed by atoms with E-state index >= 15 is 0 Å². The molecule has 1 N–H and O–H groups in total. The molecule has 0 rings (SSSR count). The van der Waals surface area contributed by atoms with Crippen LogP contribution < -0.4 is 5.32 Å². The molecule has 0 aromatic carbocycles. The largest absolute Gasteiger partial charge is 0.313 e. The van der Waals surface area contributed by atoms with Gasteiger partial charge in [0.05, 0.1) is 0 Å². The van der Waals surface area contributed by atoms with Crippen molar-refractivity contribution in [1.29, 1.82) is 0 Å². The highest BCUT2D eigenvalue weighted by Gasteiger charge is 2.01. The van der Waals surface area contributed by atoms with E-state index in [2.05, 4.69) is 50.9 Å². The number of nitrogens with one attached hydrogen (secondary N) is 1. The van der Waals surface area contributed by atoms with E-state index in [1.54, 1.807) is 0 Å². The first-order chi connectivity index (χ1) is 6.06. The monoisotopic (exact) mass is 179 g/mol. The highest BCUT2D eigenvalue weighted by atomic mass is 14.8. The summed E-state index contributed by atoms with van der Waals surface area (Å²) in [5, 5.41) is 3.28. The second kappa shape index (κ2) is 6.74. The Hall–Kier alpha value is -0.740. The molecule has 1 nitrogen and oxygen atoms in total. The van der Waals surface area contributed by atoms with Gasteiger partial charge in [-0.05, 0) is 39.8 Å². The van der Waals surface area contributed by atoms with E-state index in [0.29, 0.717) is 0 Å². The zero-order chi connectivity index (χ0) is 10.2. The predicted molar refractivity (Wildman–Crippen MR) is 59.5 cm³/mol. The van der Waals surface area contributed by atoms with Crippen LogP contribution in [0.3, 0.4) is 0 Å². The fraction of sp³-hybridized carbons (Fsp3) is 0.667. The topological polar surface area (TPSA) is 12.0 Å². The molecule has 74 valence electrons. The van der Waals surface area contributed by atoms with Crippen molar-refractivity contribution in [1.82, 2.24) is 5.32 Å². The maximum atomic E-state index is 3.28. The molecule has 0 atom stereocenters. The van der Waals surface area contributed by atoms with Gasteiger partial charge >= 0.3 is 0 Å². The third-order valence-electron chi connectivity index (χ3n) is 1.34. The smallest absolute Gasteiger partial charge is 0.0233 e. The highest BCUT2D eigenvalue weighted by molar-refractivity contribution is 5.19. The van der Waals surface area contributed by atoms with Crippen LogP contribution >= 0.6 is 0 Å². The molecule has 13 heavy (non-hydrogen) atoms. The van der Waals surface area contributed by atoms with Gasteiger partial charge in [-0.1, -0.05) is 24.8 Å². The summed E-state index contributed by atoms with van der Waals surface area (Å²) in [5.74, 6) is 6.18.